The molecule has 1 N–H and O–H groups in total. The average molecular weight is 248 g/mol. The van der Waals surface area contributed by atoms with E-state index in [1.807, 2.05) is 7.05 Å². The van der Waals surface area contributed by atoms with Crippen molar-refractivity contribution < 1.29 is 9.59 Å². The third kappa shape index (κ3) is 4.37. The van der Waals surface area contributed by atoms with Gasteiger partial charge in [0.25, 0.3) is 0 Å². The molecule has 0 spiro atoms. The van der Waals surface area contributed by atoms with Crippen LogP contribution >= 0.6 is 11.6 Å². The zero-order valence-corrected chi connectivity index (χ0v) is 10.3. The van der Waals surface area contributed by atoms with Crippen molar-refractivity contribution in [1.82, 2.24) is 15.1 Å². The number of carbonyl (C=O) groups is 2. The van der Waals surface area contributed by atoms with Crippen LogP contribution in [0.25, 0.3) is 0 Å². The molecule has 0 aromatic rings. The smallest absolute Gasteiger partial charge is 0.323 e. The van der Waals surface area contributed by atoms with Crippen molar-refractivity contribution in [3.05, 3.63) is 0 Å². The van der Waals surface area contributed by atoms with E-state index >= 15 is 0 Å². The van der Waals surface area contributed by atoms with Crippen molar-refractivity contribution in [3.8, 4) is 0 Å². The van der Waals surface area contributed by atoms with E-state index in [9.17, 15) is 9.59 Å². The molecule has 92 valence electrons. The summed E-state index contributed by atoms with van der Waals surface area (Å²) < 4.78 is 0. The first-order valence-electron chi connectivity index (χ1n) is 5.46. The first-order valence-corrected chi connectivity index (χ1v) is 6.00. The van der Waals surface area contributed by atoms with Gasteiger partial charge in [0.2, 0.25) is 5.91 Å². The van der Waals surface area contributed by atoms with Crippen LogP contribution in [0.15, 0.2) is 0 Å². The van der Waals surface area contributed by atoms with Crippen molar-refractivity contribution in [3.63, 3.8) is 0 Å². The monoisotopic (exact) mass is 247 g/mol. The van der Waals surface area contributed by atoms with Gasteiger partial charge in [-0.2, -0.15) is 0 Å². The van der Waals surface area contributed by atoms with E-state index in [0.29, 0.717) is 13.1 Å². The Hall–Kier alpha value is -0.810. The highest BCUT2D eigenvalue weighted by Gasteiger charge is 2.18. The minimum Gasteiger partial charge on any atom is -0.323 e. The lowest BCUT2D eigenvalue weighted by molar-refractivity contribution is -0.119. The molecule has 0 bridgehead atoms. The number of alkyl halides is 1. The Balaban J connectivity index is 2.38. The van der Waals surface area contributed by atoms with E-state index in [4.69, 9.17) is 11.6 Å². The summed E-state index contributed by atoms with van der Waals surface area (Å²) in [5.74, 6) is -0.0698. The second-order valence-corrected chi connectivity index (χ2v) is 4.31. The molecule has 0 saturated carbocycles. The lowest BCUT2D eigenvalue weighted by Crippen LogP contribution is -2.44. The van der Waals surface area contributed by atoms with E-state index < -0.39 is 0 Å². The van der Waals surface area contributed by atoms with Crippen LogP contribution < -0.4 is 5.32 Å². The second kappa shape index (κ2) is 6.70. The normalized spacial score (nSPS) is 18.0. The second-order valence-electron chi connectivity index (χ2n) is 3.94. The molecule has 1 fully saturated rings. The van der Waals surface area contributed by atoms with Gasteiger partial charge in [-0.25, -0.2) is 4.79 Å². The van der Waals surface area contributed by atoms with Crippen molar-refractivity contribution in [2.45, 2.75) is 12.8 Å². The Kier molecular flexibility index (Phi) is 5.55. The first kappa shape index (κ1) is 13.3. The Labute approximate surface area is 101 Å². The predicted octanol–water partition coefficient (Wildman–Crippen LogP) is 0.489. The minimum absolute atomic E-state index is 0.182. The standard InChI is InChI=1S/C10H18ClN3O2/c1-13-5-2-6-14(8-7-13)10(16)12-9(15)3-4-11/h2-8H2,1H3,(H,12,15,16). The molecular weight excluding hydrogens is 230 g/mol. The highest BCUT2D eigenvalue weighted by Crippen LogP contribution is 2.01. The number of urea groups is 1. The van der Waals surface area contributed by atoms with Gasteiger partial charge in [-0.1, -0.05) is 0 Å². The molecule has 1 aliphatic heterocycles. The summed E-state index contributed by atoms with van der Waals surface area (Å²) in [4.78, 5) is 26.7. The number of amides is 3. The molecule has 6 heteroatoms. The Morgan fingerprint density at radius 3 is 2.69 bits per heavy atom. The van der Waals surface area contributed by atoms with Crippen molar-refractivity contribution in [2.75, 3.05) is 39.1 Å². The fourth-order valence-corrected chi connectivity index (χ4v) is 1.77. The Morgan fingerprint density at radius 2 is 2.00 bits per heavy atom. The van der Waals surface area contributed by atoms with Crippen LogP contribution in [0.1, 0.15) is 12.8 Å². The quantitative estimate of drug-likeness (QED) is 0.723. The van der Waals surface area contributed by atoms with Crippen LogP contribution in [0.5, 0.6) is 0 Å². The van der Waals surface area contributed by atoms with Gasteiger partial charge in [0.1, 0.15) is 0 Å². The van der Waals surface area contributed by atoms with Crippen molar-refractivity contribution in [2.24, 2.45) is 0 Å². The molecule has 1 rings (SSSR count). The number of imide groups is 1. The van der Waals surface area contributed by atoms with Gasteiger partial charge in [-0.05, 0) is 20.0 Å². The topological polar surface area (TPSA) is 52.6 Å². The van der Waals surface area contributed by atoms with Crippen molar-refractivity contribution in [1.29, 1.82) is 0 Å². The van der Waals surface area contributed by atoms with E-state index in [1.165, 1.54) is 0 Å². The molecule has 0 unspecified atom stereocenters. The Bertz CT molecular complexity index is 260. The van der Waals surface area contributed by atoms with Gasteiger partial charge in [-0.15, -0.1) is 11.6 Å². The van der Waals surface area contributed by atoms with Crippen LogP contribution in [0.3, 0.4) is 0 Å². The lowest BCUT2D eigenvalue weighted by atomic mass is 10.4. The van der Waals surface area contributed by atoms with Gasteiger partial charge in [-0.3, -0.25) is 10.1 Å². The molecular formula is C10H18ClN3O2. The lowest BCUT2D eigenvalue weighted by Gasteiger charge is -2.20. The van der Waals surface area contributed by atoms with Gasteiger partial charge in [0, 0.05) is 31.9 Å². The largest absolute Gasteiger partial charge is 0.324 e. The SMILES string of the molecule is CN1CCCN(C(=O)NC(=O)CCCl)CC1. The number of likely N-dealkylation sites (N-methyl/N-ethyl adjacent to an activating group) is 1. The van der Waals surface area contributed by atoms with Crippen LogP contribution in [-0.4, -0.2) is 60.8 Å². The molecule has 0 radical (unpaired) electrons. The zero-order valence-electron chi connectivity index (χ0n) is 9.54. The number of hydrogen-bond acceptors (Lipinski definition) is 3. The van der Waals surface area contributed by atoms with Gasteiger partial charge in [0.15, 0.2) is 0 Å². The zero-order chi connectivity index (χ0) is 12.0. The summed E-state index contributed by atoms with van der Waals surface area (Å²) in [6.07, 6.45) is 1.12. The summed E-state index contributed by atoms with van der Waals surface area (Å²) in [6, 6.07) is -0.301. The Morgan fingerprint density at radius 1 is 1.25 bits per heavy atom. The molecule has 1 aliphatic rings. The third-order valence-corrected chi connectivity index (χ3v) is 2.76. The molecule has 0 aromatic heterocycles. The number of hydrogen-bond donors (Lipinski definition) is 1. The fraction of sp³-hybridized carbons (Fsp3) is 0.800. The molecule has 16 heavy (non-hydrogen) atoms. The minimum atomic E-state index is -0.308. The highest BCUT2D eigenvalue weighted by molar-refractivity contribution is 6.19. The maximum absolute atomic E-state index is 11.7. The first-order chi connectivity index (χ1) is 7.63. The summed E-state index contributed by atoms with van der Waals surface area (Å²) >= 11 is 5.42. The molecule has 0 atom stereocenters. The maximum atomic E-state index is 11.7. The van der Waals surface area contributed by atoms with E-state index in [2.05, 4.69) is 10.2 Å². The number of carbonyl (C=O) groups excluding carboxylic acids is 2. The summed E-state index contributed by atoms with van der Waals surface area (Å²) in [5.41, 5.74) is 0. The molecule has 0 aliphatic carbocycles. The van der Waals surface area contributed by atoms with Gasteiger partial charge < -0.3 is 9.80 Å². The van der Waals surface area contributed by atoms with Crippen molar-refractivity contribution >= 4 is 23.5 Å². The highest BCUT2D eigenvalue weighted by atomic mass is 35.5. The molecule has 5 nitrogen and oxygen atoms in total. The number of nitrogens with zero attached hydrogens (tertiary/aromatic N) is 2. The van der Waals surface area contributed by atoms with Crippen LogP contribution in [0.4, 0.5) is 4.79 Å². The number of halogens is 1. The number of rotatable bonds is 2. The summed E-state index contributed by atoms with van der Waals surface area (Å²) in [5, 5.41) is 2.34. The number of nitrogens with one attached hydrogen (secondary N) is 1. The maximum Gasteiger partial charge on any atom is 0.324 e. The van der Waals surface area contributed by atoms with E-state index in [-0.39, 0.29) is 24.2 Å². The molecule has 1 saturated heterocycles. The summed E-state index contributed by atoms with van der Waals surface area (Å²) in [7, 11) is 2.03. The van der Waals surface area contributed by atoms with E-state index in [0.717, 1.165) is 19.5 Å². The third-order valence-electron chi connectivity index (χ3n) is 2.57. The molecule has 0 aromatic carbocycles. The molecule has 1 heterocycles. The van der Waals surface area contributed by atoms with Crippen LogP contribution in [-0.2, 0) is 4.79 Å². The van der Waals surface area contributed by atoms with Gasteiger partial charge >= 0.3 is 6.03 Å². The van der Waals surface area contributed by atoms with E-state index in [1.54, 1.807) is 4.90 Å². The average Bonchev–Trinajstić information content (AvgIpc) is 2.43. The van der Waals surface area contributed by atoms with Gasteiger partial charge in [0.05, 0.1) is 0 Å². The van der Waals surface area contributed by atoms with Crippen LogP contribution in [0, 0.1) is 0 Å². The molecule has 3 amide bonds. The fourth-order valence-electron chi connectivity index (χ4n) is 1.60. The summed E-state index contributed by atoms with van der Waals surface area (Å²) in [6.45, 7) is 3.19. The van der Waals surface area contributed by atoms with Crippen LogP contribution in [0.2, 0.25) is 0 Å². The predicted molar refractivity (Wildman–Crippen MR) is 62.6 cm³/mol.